The first kappa shape index (κ1) is 26.1. The van der Waals surface area contributed by atoms with Crippen molar-refractivity contribution in [2.24, 2.45) is 4.99 Å². The Bertz CT molecular complexity index is 1340. The van der Waals surface area contributed by atoms with E-state index in [9.17, 15) is 13.2 Å². The second-order valence-electron chi connectivity index (χ2n) is 9.11. The van der Waals surface area contributed by atoms with Gasteiger partial charge in [-0.05, 0) is 37.1 Å². The third kappa shape index (κ3) is 5.40. The molecule has 3 aromatic carbocycles. The third-order valence-corrected chi connectivity index (χ3v) is 8.64. The van der Waals surface area contributed by atoms with Crippen LogP contribution in [0.4, 0.5) is 0 Å². The van der Waals surface area contributed by atoms with Gasteiger partial charge < -0.3 is 0 Å². The van der Waals surface area contributed by atoms with Crippen LogP contribution in [-0.4, -0.2) is 30.4 Å². The minimum Gasteiger partial charge on any atom is -0.292 e. The number of aryl methyl sites for hydroxylation is 1. The highest BCUT2D eigenvalue weighted by atomic mass is 35.5. The average Bonchev–Trinajstić information content (AvgIpc) is 3.27. The summed E-state index contributed by atoms with van der Waals surface area (Å²) in [4.78, 5) is 18.7. The van der Waals surface area contributed by atoms with Crippen molar-refractivity contribution < 1.29 is 13.2 Å². The van der Waals surface area contributed by atoms with Gasteiger partial charge in [-0.3, -0.25) is 9.79 Å². The van der Waals surface area contributed by atoms with Gasteiger partial charge in [0.05, 0.1) is 4.90 Å². The Morgan fingerprint density at radius 1 is 0.917 bits per heavy atom. The Hall–Kier alpha value is -2.96. The number of benzene rings is 3. The molecule has 36 heavy (non-hydrogen) atoms. The third-order valence-electron chi connectivity index (χ3n) is 6.48. The molecule has 7 heteroatoms. The smallest absolute Gasteiger partial charge is 0.265 e. The molecule has 1 aliphatic heterocycles. The van der Waals surface area contributed by atoms with E-state index in [1.165, 1.54) is 4.31 Å². The second kappa shape index (κ2) is 11.4. The van der Waals surface area contributed by atoms with Gasteiger partial charge in [0, 0.05) is 17.0 Å². The molecule has 5 nitrogen and oxygen atoms in total. The summed E-state index contributed by atoms with van der Waals surface area (Å²) >= 11 is 6.61. The molecule has 1 aliphatic rings. The van der Waals surface area contributed by atoms with Gasteiger partial charge in [0.25, 0.3) is 10.0 Å². The molecule has 0 amide bonds. The van der Waals surface area contributed by atoms with Crippen molar-refractivity contribution in [2.45, 2.75) is 62.9 Å². The average molecular weight is 523 g/mol. The molecule has 188 valence electrons. The number of hydrogen-bond donors (Lipinski definition) is 0. The normalized spacial score (nSPS) is 17.8. The van der Waals surface area contributed by atoms with Crippen molar-refractivity contribution in [3.8, 4) is 0 Å². The van der Waals surface area contributed by atoms with E-state index in [2.05, 4.69) is 6.92 Å². The maximum Gasteiger partial charge on any atom is 0.265 e. The van der Waals surface area contributed by atoms with Crippen molar-refractivity contribution in [3.63, 3.8) is 0 Å². The molecular formula is C29H31ClN2O3S. The first-order chi connectivity index (χ1) is 17.3. The predicted molar refractivity (Wildman–Crippen MR) is 145 cm³/mol. The maximum absolute atomic E-state index is 14.1. The molecule has 4 rings (SSSR count). The van der Waals surface area contributed by atoms with E-state index in [0.717, 1.165) is 31.2 Å². The summed E-state index contributed by atoms with van der Waals surface area (Å²) in [5.74, 6) is 0.180. The molecule has 0 aromatic heterocycles. The summed E-state index contributed by atoms with van der Waals surface area (Å²) in [5.41, 5.74) is 2.02. The zero-order valence-corrected chi connectivity index (χ0v) is 22.2. The van der Waals surface area contributed by atoms with Crippen LogP contribution in [0.1, 0.15) is 66.6 Å². The lowest BCUT2D eigenvalue weighted by Crippen LogP contribution is -2.40. The molecule has 0 fully saturated rings. The minimum atomic E-state index is -4.02. The molecule has 0 radical (unpaired) electrons. The van der Waals surface area contributed by atoms with Crippen LogP contribution in [0.5, 0.6) is 0 Å². The molecule has 1 heterocycles. The van der Waals surface area contributed by atoms with E-state index in [1.807, 2.05) is 13.0 Å². The zero-order valence-electron chi connectivity index (χ0n) is 20.6. The number of ketones is 1. The number of Topliss-reactive ketones (excluding diaryl/α,β-unsaturated/α-hetero) is 1. The lowest BCUT2D eigenvalue weighted by molar-refractivity contribution is 0.0944. The van der Waals surface area contributed by atoms with E-state index >= 15 is 0 Å². The van der Waals surface area contributed by atoms with Crippen molar-refractivity contribution in [1.82, 2.24) is 4.31 Å². The fourth-order valence-corrected chi connectivity index (χ4v) is 6.46. The Labute approximate surface area is 218 Å². The van der Waals surface area contributed by atoms with Crippen LogP contribution in [-0.2, 0) is 10.0 Å². The number of rotatable bonds is 10. The van der Waals surface area contributed by atoms with Crippen LogP contribution in [0.25, 0.3) is 0 Å². The number of amidine groups is 1. The molecule has 0 unspecified atom stereocenters. The molecule has 0 bridgehead atoms. The van der Waals surface area contributed by atoms with Crippen LogP contribution in [0.15, 0.2) is 88.8 Å². The van der Waals surface area contributed by atoms with Crippen LogP contribution >= 0.6 is 11.6 Å². The number of unbranched alkanes of at least 4 members (excludes halogenated alkanes) is 3. The Kier molecular flexibility index (Phi) is 8.27. The fourth-order valence-electron chi connectivity index (χ4n) is 4.56. The summed E-state index contributed by atoms with van der Waals surface area (Å²) in [5, 5.41) is 0.403. The van der Waals surface area contributed by atoms with Crippen LogP contribution in [0.2, 0.25) is 5.02 Å². The quantitative estimate of drug-likeness (QED) is 0.212. The highest BCUT2D eigenvalue weighted by molar-refractivity contribution is 7.89. The van der Waals surface area contributed by atoms with Crippen molar-refractivity contribution >= 4 is 33.2 Å². The van der Waals surface area contributed by atoms with Crippen molar-refractivity contribution in [2.75, 3.05) is 0 Å². The summed E-state index contributed by atoms with van der Waals surface area (Å²) in [6.07, 6.45) is 4.33. The fraction of sp³-hybridized carbons (Fsp3) is 0.310. The summed E-state index contributed by atoms with van der Waals surface area (Å²) < 4.78 is 29.6. The van der Waals surface area contributed by atoms with Crippen molar-refractivity contribution in [3.05, 3.63) is 101 Å². The number of nitrogens with zero attached hydrogens (tertiary/aromatic N) is 2. The predicted octanol–water partition coefficient (Wildman–Crippen LogP) is 7.01. The maximum atomic E-state index is 14.1. The zero-order chi connectivity index (χ0) is 25.7. The summed E-state index contributed by atoms with van der Waals surface area (Å²) in [6, 6.07) is 21.0. The number of carbonyl (C=O) groups excluding carboxylic acids is 1. The van der Waals surface area contributed by atoms with Gasteiger partial charge in [0.2, 0.25) is 0 Å². The van der Waals surface area contributed by atoms with Crippen molar-refractivity contribution in [1.29, 1.82) is 0 Å². The molecule has 2 atom stereocenters. The van der Waals surface area contributed by atoms with Gasteiger partial charge in [0.15, 0.2) is 5.78 Å². The van der Waals surface area contributed by atoms with Gasteiger partial charge in [-0.1, -0.05) is 104 Å². The highest BCUT2D eigenvalue weighted by Gasteiger charge is 2.47. The first-order valence-electron chi connectivity index (χ1n) is 12.4. The van der Waals surface area contributed by atoms with Gasteiger partial charge in [-0.15, -0.1) is 0 Å². The molecule has 3 aromatic rings. The largest absolute Gasteiger partial charge is 0.292 e. The first-order valence-corrected chi connectivity index (χ1v) is 14.2. The molecule has 0 spiro atoms. The minimum absolute atomic E-state index is 0.166. The molecule has 0 aliphatic carbocycles. The Morgan fingerprint density at radius 3 is 2.25 bits per heavy atom. The van der Waals surface area contributed by atoms with Crippen LogP contribution in [0.3, 0.4) is 0 Å². The molecule has 0 saturated carbocycles. The number of aliphatic imine (C=N–C) groups is 1. The number of carbonyl (C=O) groups is 1. The Balaban J connectivity index is 1.86. The lowest BCUT2D eigenvalue weighted by Gasteiger charge is -2.30. The molecule has 0 N–H and O–H groups in total. The highest BCUT2D eigenvalue weighted by Crippen LogP contribution is 2.41. The van der Waals surface area contributed by atoms with E-state index in [-0.39, 0.29) is 10.7 Å². The van der Waals surface area contributed by atoms with E-state index in [1.54, 1.807) is 72.8 Å². The van der Waals surface area contributed by atoms with Gasteiger partial charge in [-0.2, -0.15) is 0 Å². The van der Waals surface area contributed by atoms with Gasteiger partial charge >= 0.3 is 0 Å². The van der Waals surface area contributed by atoms with E-state index in [0.29, 0.717) is 28.4 Å². The lowest BCUT2D eigenvalue weighted by atomic mass is 9.94. The topological polar surface area (TPSA) is 66.8 Å². The molecular weight excluding hydrogens is 492 g/mol. The number of halogens is 1. The monoisotopic (exact) mass is 522 g/mol. The standard InChI is InChI=1S/C29H31ClN2O3S/c1-3-4-5-9-16-26-31-27(29(33)22-12-7-6-8-13-22)28(24-14-10-11-15-25(24)30)32(26)36(34,35)23-19-17-21(2)18-20-23/h6-8,10-15,17-20,27-28H,3-5,9,16H2,1-2H3/t27-,28+/m0/s1. The summed E-state index contributed by atoms with van der Waals surface area (Å²) in [6.45, 7) is 4.04. The molecule has 0 saturated heterocycles. The number of hydrogen-bond acceptors (Lipinski definition) is 4. The van der Waals surface area contributed by atoms with E-state index < -0.39 is 22.1 Å². The van der Waals surface area contributed by atoms with E-state index in [4.69, 9.17) is 16.6 Å². The number of sulfonamides is 1. The second-order valence-corrected chi connectivity index (χ2v) is 11.3. The van der Waals surface area contributed by atoms with Crippen LogP contribution in [0, 0.1) is 6.92 Å². The van der Waals surface area contributed by atoms with Gasteiger partial charge in [0.1, 0.15) is 17.9 Å². The SMILES string of the molecule is CCCCCCC1=N[C@H](C(=O)c2ccccc2)[C@@H](c2ccccc2Cl)N1S(=O)(=O)c1ccc(C)cc1. The van der Waals surface area contributed by atoms with Gasteiger partial charge in [-0.25, -0.2) is 12.7 Å². The van der Waals surface area contributed by atoms with Crippen LogP contribution < -0.4 is 0 Å². The Morgan fingerprint density at radius 2 is 1.58 bits per heavy atom. The summed E-state index contributed by atoms with van der Waals surface area (Å²) in [7, 11) is -4.02.